The molecule has 0 fully saturated rings. The molecule has 0 aliphatic carbocycles. The number of rotatable bonds is 3. The molecular weight excluding hydrogens is 334 g/mol. The average molecular weight is 343 g/mol. The number of thiophene rings is 1. The topological polar surface area (TPSA) is 29.1 Å². The molecule has 0 bridgehead atoms. The van der Waals surface area contributed by atoms with Gasteiger partial charge in [-0.25, -0.2) is 0 Å². The van der Waals surface area contributed by atoms with Gasteiger partial charge in [0, 0.05) is 11.0 Å². The molecule has 1 N–H and O–H groups in total. The first kappa shape index (κ1) is 13.3. The lowest BCUT2D eigenvalue weighted by atomic mass is 10.3. The van der Waals surface area contributed by atoms with Crippen molar-refractivity contribution in [1.82, 2.24) is 0 Å². The van der Waals surface area contributed by atoms with Gasteiger partial charge < -0.3 is 5.32 Å². The highest BCUT2D eigenvalue weighted by molar-refractivity contribution is 9.11. The Morgan fingerprint density at radius 2 is 2.06 bits per heavy atom. The molecule has 0 saturated carbocycles. The second kappa shape index (κ2) is 6.18. The average Bonchev–Trinajstić information content (AvgIpc) is 2.76. The van der Waals surface area contributed by atoms with E-state index in [1.165, 1.54) is 6.08 Å². The van der Waals surface area contributed by atoms with Gasteiger partial charge in [-0.1, -0.05) is 23.7 Å². The van der Waals surface area contributed by atoms with Crippen LogP contribution in [0.1, 0.15) is 4.88 Å². The van der Waals surface area contributed by atoms with E-state index in [0.717, 1.165) is 8.66 Å². The predicted molar refractivity (Wildman–Crippen MR) is 81.1 cm³/mol. The Kier molecular flexibility index (Phi) is 4.58. The number of nitrogens with one attached hydrogen (secondary N) is 1. The van der Waals surface area contributed by atoms with Crippen molar-refractivity contribution in [3.63, 3.8) is 0 Å². The van der Waals surface area contributed by atoms with Crippen LogP contribution in [0.15, 0.2) is 46.3 Å². The molecule has 0 aliphatic rings. The second-order valence-electron chi connectivity index (χ2n) is 3.44. The Morgan fingerprint density at radius 3 is 2.72 bits per heavy atom. The summed E-state index contributed by atoms with van der Waals surface area (Å²) in [7, 11) is 0. The summed E-state index contributed by atoms with van der Waals surface area (Å²) in [6.07, 6.45) is 3.25. The maximum absolute atomic E-state index is 11.7. The van der Waals surface area contributed by atoms with Crippen molar-refractivity contribution in [2.24, 2.45) is 0 Å². The summed E-state index contributed by atoms with van der Waals surface area (Å²) in [5.74, 6) is -0.201. The van der Waals surface area contributed by atoms with Crippen LogP contribution in [0.4, 0.5) is 5.69 Å². The SMILES string of the molecule is O=C(/C=C/c1ccc(Br)s1)Nc1ccccc1Cl. The first-order valence-corrected chi connectivity index (χ1v) is 7.13. The lowest BCUT2D eigenvalue weighted by Crippen LogP contribution is -2.07. The Balaban J connectivity index is 2.01. The minimum absolute atomic E-state index is 0.201. The van der Waals surface area contributed by atoms with Gasteiger partial charge in [-0.2, -0.15) is 0 Å². The van der Waals surface area contributed by atoms with Crippen LogP contribution in [0.3, 0.4) is 0 Å². The summed E-state index contributed by atoms with van der Waals surface area (Å²) in [5.41, 5.74) is 0.612. The molecule has 0 radical (unpaired) electrons. The second-order valence-corrected chi connectivity index (χ2v) is 6.35. The summed E-state index contributed by atoms with van der Waals surface area (Å²) in [5, 5.41) is 3.25. The number of amides is 1. The van der Waals surface area contributed by atoms with E-state index in [-0.39, 0.29) is 5.91 Å². The molecule has 2 aromatic rings. The highest BCUT2D eigenvalue weighted by Crippen LogP contribution is 2.23. The largest absolute Gasteiger partial charge is 0.321 e. The lowest BCUT2D eigenvalue weighted by molar-refractivity contribution is -0.111. The molecule has 2 rings (SSSR count). The summed E-state index contributed by atoms with van der Waals surface area (Å²) < 4.78 is 1.04. The highest BCUT2D eigenvalue weighted by Gasteiger charge is 2.01. The number of hydrogen-bond acceptors (Lipinski definition) is 2. The Hall–Kier alpha value is -1.10. The van der Waals surface area contributed by atoms with Gasteiger partial charge in [-0.05, 0) is 46.3 Å². The first-order chi connectivity index (χ1) is 8.65. The van der Waals surface area contributed by atoms with E-state index in [4.69, 9.17) is 11.6 Å². The molecule has 0 atom stereocenters. The van der Waals surface area contributed by atoms with E-state index in [1.807, 2.05) is 24.3 Å². The first-order valence-electron chi connectivity index (χ1n) is 5.14. The minimum Gasteiger partial charge on any atom is -0.321 e. The maximum Gasteiger partial charge on any atom is 0.248 e. The van der Waals surface area contributed by atoms with E-state index >= 15 is 0 Å². The van der Waals surface area contributed by atoms with Gasteiger partial charge in [0.2, 0.25) is 5.91 Å². The molecular formula is C13H9BrClNOS. The molecule has 18 heavy (non-hydrogen) atoms. The third-order valence-corrected chi connectivity index (χ3v) is 4.04. The van der Waals surface area contributed by atoms with E-state index in [0.29, 0.717) is 10.7 Å². The molecule has 1 aromatic carbocycles. The molecule has 5 heteroatoms. The van der Waals surface area contributed by atoms with Crippen LogP contribution in [0.2, 0.25) is 5.02 Å². The van der Waals surface area contributed by atoms with Crippen LogP contribution in [0.25, 0.3) is 6.08 Å². The smallest absolute Gasteiger partial charge is 0.248 e. The zero-order valence-electron chi connectivity index (χ0n) is 9.19. The highest BCUT2D eigenvalue weighted by atomic mass is 79.9. The van der Waals surface area contributed by atoms with Crippen LogP contribution in [-0.4, -0.2) is 5.91 Å². The molecule has 0 spiro atoms. The van der Waals surface area contributed by atoms with Crippen molar-refractivity contribution in [1.29, 1.82) is 0 Å². The summed E-state index contributed by atoms with van der Waals surface area (Å²) >= 11 is 10.9. The summed E-state index contributed by atoms with van der Waals surface area (Å²) in [6.45, 7) is 0. The lowest BCUT2D eigenvalue weighted by Gasteiger charge is -2.03. The van der Waals surface area contributed by atoms with E-state index in [1.54, 1.807) is 29.5 Å². The minimum atomic E-state index is -0.201. The molecule has 0 aliphatic heterocycles. The summed E-state index contributed by atoms with van der Waals surface area (Å²) in [6, 6.07) is 11.0. The Labute approximate surface area is 122 Å². The number of carbonyl (C=O) groups excluding carboxylic acids is 1. The van der Waals surface area contributed by atoms with Gasteiger partial charge in [0.15, 0.2) is 0 Å². The molecule has 0 unspecified atom stereocenters. The number of para-hydroxylation sites is 1. The van der Waals surface area contributed by atoms with Crippen molar-refractivity contribution in [3.05, 3.63) is 56.2 Å². The third-order valence-electron chi connectivity index (χ3n) is 2.12. The van der Waals surface area contributed by atoms with Crippen molar-refractivity contribution >= 4 is 56.5 Å². The fraction of sp³-hybridized carbons (Fsp3) is 0. The van der Waals surface area contributed by atoms with Gasteiger partial charge in [-0.15, -0.1) is 11.3 Å². The van der Waals surface area contributed by atoms with Gasteiger partial charge in [0.1, 0.15) is 0 Å². The van der Waals surface area contributed by atoms with Crippen LogP contribution < -0.4 is 5.32 Å². The number of anilines is 1. The normalized spacial score (nSPS) is 10.8. The summed E-state index contributed by atoms with van der Waals surface area (Å²) in [4.78, 5) is 12.7. The van der Waals surface area contributed by atoms with Crippen LogP contribution in [0, 0.1) is 0 Å². The number of halogens is 2. The molecule has 1 amide bonds. The van der Waals surface area contributed by atoms with Gasteiger partial charge in [0.05, 0.1) is 14.5 Å². The van der Waals surface area contributed by atoms with Crippen molar-refractivity contribution < 1.29 is 4.79 Å². The number of benzene rings is 1. The van der Waals surface area contributed by atoms with Crippen molar-refractivity contribution in [2.45, 2.75) is 0 Å². The molecule has 2 nitrogen and oxygen atoms in total. The van der Waals surface area contributed by atoms with Gasteiger partial charge in [-0.3, -0.25) is 4.79 Å². The van der Waals surface area contributed by atoms with Gasteiger partial charge >= 0.3 is 0 Å². The molecule has 1 aromatic heterocycles. The molecule has 92 valence electrons. The fourth-order valence-corrected chi connectivity index (χ4v) is 2.82. The monoisotopic (exact) mass is 341 g/mol. The quantitative estimate of drug-likeness (QED) is 0.796. The van der Waals surface area contributed by atoms with Gasteiger partial charge in [0.25, 0.3) is 0 Å². The molecule has 0 saturated heterocycles. The van der Waals surface area contributed by atoms with Crippen molar-refractivity contribution in [2.75, 3.05) is 5.32 Å². The maximum atomic E-state index is 11.7. The predicted octanol–water partition coefficient (Wildman–Crippen LogP) is 4.82. The van der Waals surface area contributed by atoms with Crippen LogP contribution in [0.5, 0.6) is 0 Å². The number of carbonyl (C=O) groups is 1. The fourth-order valence-electron chi connectivity index (χ4n) is 1.31. The number of hydrogen-bond donors (Lipinski definition) is 1. The van der Waals surface area contributed by atoms with E-state index in [2.05, 4.69) is 21.2 Å². The zero-order valence-corrected chi connectivity index (χ0v) is 12.3. The Morgan fingerprint density at radius 1 is 1.28 bits per heavy atom. The van der Waals surface area contributed by atoms with Crippen molar-refractivity contribution in [3.8, 4) is 0 Å². The van der Waals surface area contributed by atoms with Crippen LogP contribution in [-0.2, 0) is 4.79 Å². The van der Waals surface area contributed by atoms with E-state index in [9.17, 15) is 4.79 Å². The van der Waals surface area contributed by atoms with E-state index < -0.39 is 0 Å². The standard InChI is InChI=1S/C13H9BrClNOS/c14-12-7-5-9(18-12)6-8-13(17)16-11-4-2-1-3-10(11)15/h1-8H,(H,16,17)/b8-6+. The third kappa shape index (κ3) is 3.70. The Bertz CT molecular complexity index is 594. The zero-order chi connectivity index (χ0) is 13.0. The van der Waals surface area contributed by atoms with Crippen LogP contribution >= 0.6 is 38.9 Å². The molecule has 1 heterocycles.